The lowest BCUT2D eigenvalue weighted by atomic mass is 10.0. The number of nitrogens with zero attached hydrogens (tertiary/aromatic N) is 2. The predicted octanol–water partition coefficient (Wildman–Crippen LogP) is 5.71. The highest BCUT2D eigenvalue weighted by Gasteiger charge is 2.22. The van der Waals surface area contributed by atoms with E-state index < -0.39 is 17.9 Å². The molecule has 40 heavy (non-hydrogen) atoms. The van der Waals surface area contributed by atoms with Gasteiger partial charge in [-0.05, 0) is 54.3 Å². The number of aryl methyl sites for hydroxylation is 2. The zero-order chi connectivity index (χ0) is 27.9. The number of carbonyl (C=O) groups excluding carboxylic acids is 2. The Balaban J connectivity index is 1.35. The maximum Gasteiger partial charge on any atom is 0.328 e. The minimum absolute atomic E-state index is 0.297. The summed E-state index contributed by atoms with van der Waals surface area (Å²) in [5.41, 5.74) is 5.55. The van der Waals surface area contributed by atoms with E-state index in [0.29, 0.717) is 17.9 Å². The van der Waals surface area contributed by atoms with Gasteiger partial charge in [0.1, 0.15) is 6.04 Å². The Morgan fingerprint density at radius 1 is 1.05 bits per heavy atom. The van der Waals surface area contributed by atoms with Gasteiger partial charge in [0.05, 0.1) is 18.5 Å². The number of aromatic nitrogens is 3. The molecule has 0 aliphatic rings. The van der Waals surface area contributed by atoms with Crippen LogP contribution in [-0.4, -0.2) is 39.8 Å². The van der Waals surface area contributed by atoms with E-state index in [0.717, 1.165) is 39.8 Å². The van der Waals surface area contributed by atoms with Crippen LogP contribution in [0.1, 0.15) is 22.4 Å². The summed E-state index contributed by atoms with van der Waals surface area (Å²) in [6.45, 7) is 0. The van der Waals surface area contributed by atoms with E-state index in [1.165, 1.54) is 18.7 Å². The molecule has 2 N–H and O–H groups in total. The first-order chi connectivity index (χ1) is 19.5. The molecule has 8 heteroatoms. The van der Waals surface area contributed by atoms with Crippen molar-refractivity contribution < 1.29 is 14.3 Å². The second-order valence-electron chi connectivity index (χ2n) is 9.42. The van der Waals surface area contributed by atoms with E-state index in [-0.39, 0.29) is 0 Å². The molecule has 0 saturated heterocycles. The number of nitrogens with one attached hydrogen (secondary N) is 2. The lowest BCUT2D eigenvalue weighted by Crippen LogP contribution is -2.42. The molecule has 5 rings (SSSR count). The van der Waals surface area contributed by atoms with Gasteiger partial charge in [0.2, 0.25) is 5.91 Å². The summed E-state index contributed by atoms with van der Waals surface area (Å²) < 4.78 is 6.74. The zero-order valence-electron chi connectivity index (χ0n) is 22.0. The van der Waals surface area contributed by atoms with E-state index in [1.54, 1.807) is 10.8 Å². The van der Waals surface area contributed by atoms with Crippen LogP contribution in [0.2, 0.25) is 5.02 Å². The van der Waals surface area contributed by atoms with Crippen molar-refractivity contribution in [3.05, 3.63) is 125 Å². The van der Waals surface area contributed by atoms with Gasteiger partial charge in [-0.25, -0.2) is 9.48 Å². The average Bonchev–Trinajstić information content (AvgIpc) is 3.59. The quantitative estimate of drug-likeness (QED) is 0.172. The maximum absolute atomic E-state index is 13.0. The SMILES string of the molecule is COC(=O)[C@H](Cc1c[nH]c2ccccc12)NC(=O)/C=C\c1cn(-c2cccc(Cl)c2)nc1CCc1ccccc1. The molecule has 0 bridgehead atoms. The summed E-state index contributed by atoms with van der Waals surface area (Å²) in [7, 11) is 1.32. The molecule has 1 atom stereocenters. The molecule has 1 amide bonds. The Morgan fingerprint density at radius 3 is 2.65 bits per heavy atom. The van der Waals surface area contributed by atoms with Crippen LogP contribution in [0, 0.1) is 0 Å². The first-order valence-corrected chi connectivity index (χ1v) is 13.4. The highest BCUT2D eigenvalue weighted by Crippen LogP contribution is 2.21. The van der Waals surface area contributed by atoms with Gasteiger partial charge in [0.25, 0.3) is 0 Å². The first-order valence-electron chi connectivity index (χ1n) is 13.0. The molecular weight excluding hydrogens is 524 g/mol. The first kappa shape index (κ1) is 27.0. The van der Waals surface area contributed by atoms with Crippen LogP contribution in [-0.2, 0) is 33.6 Å². The van der Waals surface area contributed by atoms with Crippen LogP contribution >= 0.6 is 11.6 Å². The van der Waals surface area contributed by atoms with Gasteiger partial charge in [-0.3, -0.25) is 4.79 Å². The summed E-state index contributed by atoms with van der Waals surface area (Å²) in [6.07, 6.45) is 8.66. The van der Waals surface area contributed by atoms with E-state index in [2.05, 4.69) is 22.4 Å². The van der Waals surface area contributed by atoms with Crippen molar-refractivity contribution in [3.8, 4) is 5.69 Å². The van der Waals surface area contributed by atoms with Crippen LogP contribution in [0.25, 0.3) is 22.7 Å². The molecule has 0 unspecified atom stereocenters. The number of esters is 1. The van der Waals surface area contributed by atoms with Crippen LogP contribution in [0.5, 0.6) is 0 Å². The van der Waals surface area contributed by atoms with Gasteiger partial charge in [0.15, 0.2) is 0 Å². The molecule has 0 saturated carbocycles. The van der Waals surface area contributed by atoms with Crippen LogP contribution in [0.15, 0.2) is 97.3 Å². The highest BCUT2D eigenvalue weighted by atomic mass is 35.5. The van der Waals surface area contributed by atoms with Crippen molar-refractivity contribution >= 4 is 40.5 Å². The Bertz CT molecular complexity index is 1660. The van der Waals surface area contributed by atoms with Crippen molar-refractivity contribution in [1.29, 1.82) is 0 Å². The number of ether oxygens (including phenoxy) is 1. The van der Waals surface area contributed by atoms with E-state index in [9.17, 15) is 9.59 Å². The second kappa shape index (κ2) is 12.5. The van der Waals surface area contributed by atoms with Gasteiger partial charge in [-0.15, -0.1) is 0 Å². The third-order valence-electron chi connectivity index (χ3n) is 6.70. The van der Waals surface area contributed by atoms with Crippen molar-refractivity contribution in [2.24, 2.45) is 0 Å². The Morgan fingerprint density at radius 2 is 1.85 bits per heavy atom. The van der Waals surface area contributed by atoms with Crippen molar-refractivity contribution in [1.82, 2.24) is 20.1 Å². The summed E-state index contributed by atoms with van der Waals surface area (Å²) in [6, 6.07) is 24.6. The number of hydrogen-bond acceptors (Lipinski definition) is 4. The number of hydrogen-bond donors (Lipinski definition) is 2. The lowest BCUT2D eigenvalue weighted by molar-refractivity contribution is -0.144. The molecule has 0 radical (unpaired) electrons. The minimum Gasteiger partial charge on any atom is -0.467 e. The normalized spacial score (nSPS) is 12.1. The number of methoxy groups -OCH3 is 1. The number of benzene rings is 3. The number of rotatable bonds is 10. The molecule has 0 aliphatic heterocycles. The molecule has 0 spiro atoms. The average molecular weight is 553 g/mol. The number of fused-ring (bicyclic) bond motifs is 1. The van der Waals surface area contributed by atoms with Crippen LogP contribution in [0.3, 0.4) is 0 Å². The Labute approximate surface area is 237 Å². The number of para-hydroxylation sites is 1. The fraction of sp³-hybridized carbons (Fsp3) is 0.156. The third kappa shape index (κ3) is 6.50. The highest BCUT2D eigenvalue weighted by molar-refractivity contribution is 6.30. The zero-order valence-corrected chi connectivity index (χ0v) is 22.8. The topological polar surface area (TPSA) is 89.0 Å². The summed E-state index contributed by atoms with van der Waals surface area (Å²) in [4.78, 5) is 28.7. The Kier molecular flexibility index (Phi) is 8.42. The van der Waals surface area contributed by atoms with Crippen molar-refractivity contribution in [2.45, 2.75) is 25.3 Å². The van der Waals surface area contributed by atoms with Crippen LogP contribution in [0.4, 0.5) is 0 Å². The third-order valence-corrected chi connectivity index (χ3v) is 6.94. The molecule has 0 aliphatic carbocycles. The maximum atomic E-state index is 13.0. The van der Waals surface area contributed by atoms with Gasteiger partial charge in [-0.2, -0.15) is 5.10 Å². The van der Waals surface area contributed by atoms with Gasteiger partial charge in [-0.1, -0.05) is 66.2 Å². The minimum atomic E-state index is -0.840. The largest absolute Gasteiger partial charge is 0.467 e. The molecule has 0 fully saturated rings. The fourth-order valence-corrected chi connectivity index (χ4v) is 4.84. The van der Waals surface area contributed by atoms with Crippen LogP contribution < -0.4 is 5.32 Å². The number of aromatic amines is 1. The molecule has 202 valence electrons. The fourth-order valence-electron chi connectivity index (χ4n) is 4.66. The predicted molar refractivity (Wildman–Crippen MR) is 157 cm³/mol. The summed E-state index contributed by atoms with van der Waals surface area (Å²) in [5, 5.41) is 9.21. The smallest absolute Gasteiger partial charge is 0.328 e. The molecular formula is C32H29ClN4O3. The van der Waals surface area contributed by atoms with E-state index >= 15 is 0 Å². The number of H-pyrrole nitrogens is 1. The molecule has 2 heterocycles. The molecule has 5 aromatic rings. The van der Waals surface area contributed by atoms with E-state index in [4.69, 9.17) is 21.4 Å². The molecule has 2 aromatic heterocycles. The second-order valence-corrected chi connectivity index (χ2v) is 9.86. The summed E-state index contributed by atoms with van der Waals surface area (Å²) in [5.74, 6) is -0.913. The Hall–Kier alpha value is -4.62. The van der Waals surface area contributed by atoms with Gasteiger partial charge >= 0.3 is 5.97 Å². The number of amides is 1. The summed E-state index contributed by atoms with van der Waals surface area (Å²) >= 11 is 6.21. The van der Waals surface area contributed by atoms with Crippen molar-refractivity contribution in [2.75, 3.05) is 7.11 Å². The number of halogens is 1. The number of carbonyl (C=O) groups is 2. The van der Waals surface area contributed by atoms with Gasteiger partial charge < -0.3 is 15.0 Å². The monoisotopic (exact) mass is 552 g/mol. The molecule has 3 aromatic carbocycles. The van der Waals surface area contributed by atoms with E-state index in [1.807, 2.05) is 79.1 Å². The van der Waals surface area contributed by atoms with Crippen molar-refractivity contribution in [3.63, 3.8) is 0 Å². The molecule has 7 nitrogen and oxygen atoms in total. The standard InChI is InChI=1S/C32H29ClN4O3/c1-40-32(39)30(18-24-20-34-29-13-6-5-12-27(24)29)35-31(38)17-15-23-21-37(26-11-7-10-25(33)19-26)36-28(23)16-14-22-8-3-2-4-9-22/h2-13,15,17,19-21,30,34H,14,16,18H2,1H3,(H,35,38)/b17-15-/t30-/m0/s1. The van der Waals surface area contributed by atoms with Gasteiger partial charge in [0, 0.05) is 46.4 Å². The lowest BCUT2D eigenvalue weighted by Gasteiger charge is -2.15.